The topological polar surface area (TPSA) is 57.8 Å². The first-order chi connectivity index (χ1) is 12.8. The quantitative estimate of drug-likeness (QED) is 0.501. The van der Waals surface area contributed by atoms with Crippen molar-refractivity contribution < 1.29 is 4.74 Å². The second kappa shape index (κ2) is 5.70. The minimum atomic E-state index is 0.278. The first-order valence-electron chi connectivity index (χ1n) is 8.26. The summed E-state index contributed by atoms with van der Waals surface area (Å²) in [5, 5.41) is 2.25. The fraction of sp³-hybridized carbons (Fsp3) is 0.0500. The van der Waals surface area contributed by atoms with E-state index in [0.717, 1.165) is 21.8 Å². The lowest BCUT2D eigenvalue weighted by Crippen LogP contribution is -2.09. The predicted molar refractivity (Wildman–Crippen MR) is 100 cm³/mol. The number of rotatable bonds is 3. The summed E-state index contributed by atoms with van der Waals surface area (Å²) in [6, 6.07) is 20.6. The molecule has 2 aromatic carbocycles. The molecule has 6 heteroatoms. The maximum atomic E-state index is 5.33. The van der Waals surface area contributed by atoms with Crippen molar-refractivity contribution in [1.82, 2.24) is 24.1 Å². The van der Waals surface area contributed by atoms with Crippen LogP contribution in [-0.4, -0.2) is 31.2 Å². The number of para-hydroxylation sites is 2. The average molecular weight is 341 g/mol. The molecule has 6 nitrogen and oxygen atoms in total. The summed E-state index contributed by atoms with van der Waals surface area (Å²) in [7, 11) is 1.56. The van der Waals surface area contributed by atoms with Crippen LogP contribution in [0.25, 0.3) is 33.7 Å². The van der Waals surface area contributed by atoms with Crippen LogP contribution in [0.4, 0.5) is 0 Å². The van der Waals surface area contributed by atoms with Crippen LogP contribution in [0.3, 0.4) is 0 Å². The molecule has 26 heavy (non-hydrogen) atoms. The Bertz CT molecular complexity index is 1150. The molecule has 0 bridgehead atoms. The lowest BCUT2D eigenvalue weighted by atomic mass is 10.2. The van der Waals surface area contributed by atoms with Gasteiger partial charge in [-0.2, -0.15) is 15.0 Å². The van der Waals surface area contributed by atoms with Crippen molar-refractivity contribution in [2.75, 3.05) is 7.11 Å². The summed E-state index contributed by atoms with van der Waals surface area (Å²) in [6.07, 6.45) is 3.91. The van der Waals surface area contributed by atoms with Gasteiger partial charge in [-0.1, -0.05) is 36.4 Å². The number of ether oxygens (including phenoxy) is 1. The van der Waals surface area contributed by atoms with E-state index in [1.807, 2.05) is 70.1 Å². The smallest absolute Gasteiger partial charge is 0.322 e. The van der Waals surface area contributed by atoms with Gasteiger partial charge in [0.25, 0.3) is 0 Å². The number of nitrogens with zero attached hydrogens (tertiary/aromatic N) is 5. The molecule has 0 saturated heterocycles. The van der Waals surface area contributed by atoms with Crippen molar-refractivity contribution in [1.29, 1.82) is 0 Å². The van der Waals surface area contributed by atoms with Gasteiger partial charge in [-0.25, -0.2) is 0 Å². The number of hydrogen-bond acceptors (Lipinski definition) is 4. The van der Waals surface area contributed by atoms with Gasteiger partial charge in [0.2, 0.25) is 11.9 Å². The molecule has 126 valence electrons. The minimum absolute atomic E-state index is 0.278. The number of fused-ring (bicyclic) bond motifs is 2. The molecule has 0 aliphatic heterocycles. The Morgan fingerprint density at radius 3 is 1.65 bits per heavy atom. The molecule has 3 aromatic heterocycles. The van der Waals surface area contributed by atoms with Gasteiger partial charge in [-0.05, 0) is 24.3 Å². The Morgan fingerprint density at radius 2 is 1.15 bits per heavy atom. The average Bonchev–Trinajstić information content (AvgIpc) is 3.32. The van der Waals surface area contributed by atoms with Gasteiger partial charge in [0, 0.05) is 23.2 Å². The van der Waals surface area contributed by atoms with Gasteiger partial charge in [-0.15, -0.1) is 0 Å². The third-order valence-electron chi connectivity index (χ3n) is 4.40. The summed E-state index contributed by atoms with van der Waals surface area (Å²) < 4.78 is 9.21. The van der Waals surface area contributed by atoms with Crippen molar-refractivity contribution in [3.63, 3.8) is 0 Å². The Labute approximate surface area is 149 Å². The van der Waals surface area contributed by atoms with E-state index in [-0.39, 0.29) is 6.01 Å². The molecule has 0 radical (unpaired) electrons. The van der Waals surface area contributed by atoms with E-state index >= 15 is 0 Å². The number of aromatic nitrogens is 5. The second-order valence-corrected chi connectivity index (χ2v) is 5.91. The van der Waals surface area contributed by atoms with Crippen molar-refractivity contribution in [3.8, 4) is 17.9 Å². The van der Waals surface area contributed by atoms with Crippen LogP contribution >= 0.6 is 0 Å². The fourth-order valence-corrected chi connectivity index (χ4v) is 3.16. The van der Waals surface area contributed by atoms with Crippen LogP contribution in [0.5, 0.6) is 6.01 Å². The largest absolute Gasteiger partial charge is 0.467 e. The van der Waals surface area contributed by atoms with E-state index in [1.54, 1.807) is 7.11 Å². The molecule has 0 spiro atoms. The molecule has 0 aliphatic carbocycles. The minimum Gasteiger partial charge on any atom is -0.467 e. The van der Waals surface area contributed by atoms with Crippen LogP contribution < -0.4 is 4.74 Å². The van der Waals surface area contributed by atoms with E-state index in [1.165, 1.54) is 0 Å². The molecule has 0 atom stereocenters. The van der Waals surface area contributed by atoms with E-state index in [0.29, 0.717) is 11.9 Å². The van der Waals surface area contributed by atoms with E-state index < -0.39 is 0 Å². The van der Waals surface area contributed by atoms with Crippen molar-refractivity contribution in [2.24, 2.45) is 0 Å². The highest BCUT2D eigenvalue weighted by molar-refractivity contribution is 5.82. The van der Waals surface area contributed by atoms with Gasteiger partial charge in [-0.3, -0.25) is 9.13 Å². The Kier molecular flexibility index (Phi) is 3.21. The fourth-order valence-electron chi connectivity index (χ4n) is 3.16. The summed E-state index contributed by atoms with van der Waals surface area (Å²) in [6.45, 7) is 0. The first-order valence-corrected chi connectivity index (χ1v) is 8.26. The number of benzene rings is 2. The lowest BCUT2D eigenvalue weighted by molar-refractivity contribution is 0.376. The van der Waals surface area contributed by atoms with Gasteiger partial charge >= 0.3 is 6.01 Å². The van der Waals surface area contributed by atoms with Gasteiger partial charge in [0.15, 0.2) is 0 Å². The maximum absolute atomic E-state index is 5.33. The summed E-state index contributed by atoms with van der Waals surface area (Å²) in [5.41, 5.74) is 2.06. The molecule has 0 aliphatic rings. The van der Waals surface area contributed by atoms with E-state index in [9.17, 15) is 0 Å². The third kappa shape index (κ3) is 2.23. The Hall–Kier alpha value is -3.67. The van der Waals surface area contributed by atoms with Crippen LogP contribution in [-0.2, 0) is 0 Å². The van der Waals surface area contributed by atoms with Crippen molar-refractivity contribution >= 4 is 21.8 Å². The molecule has 5 aromatic rings. The zero-order valence-electron chi connectivity index (χ0n) is 14.1. The highest BCUT2D eigenvalue weighted by Gasteiger charge is 2.13. The van der Waals surface area contributed by atoms with Crippen LogP contribution in [0.2, 0.25) is 0 Å². The second-order valence-electron chi connectivity index (χ2n) is 5.91. The highest BCUT2D eigenvalue weighted by Crippen LogP contribution is 2.22. The molecule has 0 fully saturated rings. The zero-order valence-corrected chi connectivity index (χ0v) is 14.1. The zero-order chi connectivity index (χ0) is 17.5. The standard InChI is InChI=1S/C20H15N5O/c1-26-20-22-18(24-12-10-14-6-2-4-8-16(14)24)21-19(23-20)25-13-11-15-7-3-5-9-17(15)25/h2-13H,1H3. The SMILES string of the molecule is COc1nc(-n2ccc3ccccc32)nc(-n2ccc3ccccc32)n1. The van der Waals surface area contributed by atoms with Crippen LogP contribution in [0.15, 0.2) is 73.1 Å². The highest BCUT2D eigenvalue weighted by atomic mass is 16.5. The Morgan fingerprint density at radius 1 is 0.654 bits per heavy atom. The van der Waals surface area contributed by atoms with Gasteiger partial charge in [0.1, 0.15) is 0 Å². The monoisotopic (exact) mass is 341 g/mol. The van der Waals surface area contributed by atoms with Crippen molar-refractivity contribution in [3.05, 3.63) is 73.1 Å². The summed E-state index contributed by atoms with van der Waals surface area (Å²) in [5.74, 6) is 1.04. The Balaban J connectivity index is 1.74. The van der Waals surface area contributed by atoms with Crippen molar-refractivity contribution in [2.45, 2.75) is 0 Å². The van der Waals surface area contributed by atoms with E-state index in [4.69, 9.17) is 9.72 Å². The third-order valence-corrected chi connectivity index (χ3v) is 4.40. The predicted octanol–water partition coefficient (Wildman–Crippen LogP) is 3.77. The molecule has 3 heterocycles. The van der Waals surface area contributed by atoms with Crippen LogP contribution in [0, 0.1) is 0 Å². The lowest BCUT2D eigenvalue weighted by Gasteiger charge is -2.09. The number of methoxy groups -OCH3 is 1. The van der Waals surface area contributed by atoms with Gasteiger partial charge < -0.3 is 4.74 Å². The molecule has 0 N–H and O–H groups in total. The molecular weight excluding hydrogens is 326 g/mol. The summed E-state index contributed by atoms with van der Waals surface area (Å²) >= 11 is 0. The number of hydrogen-bond donors (Lipinski definition) is 0. The maximum Gasteiger partial charge on any atom is 0.322 e. The normalized spacial score (nSPS) is 11.3. The van der Waals surface area contributed by atoms with Gasteiger partial charge in [0.05, 0.1) is 18.1 Å². The first kappa shape index (κ1) is 14.7. The molecule has 0 unspecified atom stereocenters. The molecule has 5 rings (SSSR count). The van der Waals surface area contributed by atoms with Crippen LogP contribution in [0.1, 0.15) is 0 Å². The summed E-state index contributed by atoms with van der Waals surface area (Å²) in [4.78, 5) is 13.6. The molecule has 0 amide bonds. The molecular formula is C20H15N5O. The molecule has 0 saturated carbocycles. The van der Waals surface area contributed by atoms with E-state index in [2.05, 4.69) is 22.1 Å².